The van der Waals surface area contributed by atoms with E-state index < -0.39 is 6.10 Å². The van der Waals surface area contributed by atoms with E-state index in [1.165, 1.54) is 5.69 Å². The standard InChI is InChI=1S/C23H31N3O2/c1-17-6-5-7-22(18(17)2)28-19(3)23(27)24-16-20-8-10-21(11-9-20)26-14-12-25(4)13-15-26/h5-11,19H,12-16H2,1-4H3,(H,24,27). The van der Waals surface area contributed by atoms with E-state index in [1.807, 2.05) is 32.0 Å². The summed E-state index contributed by atoms with van der Waals surface area (Å²) < 4.78 is 5.86. The number of nitrogens with zero attached hydrogens (tertiary/aromatic N) is 2. The lowest BCUT2D eigenvalue weighted by atomic mass is 10.1. The fourth-order valence-electron chi connectivity index (χ4n) is 3.32. The van der Waals surface area contributed by atoms with E-state index in [2.05, 4.69) is 46.4 Å². The summed E-state index contributed by atoms with van der Waals surface area (Å²) in [6, 6.07) is 14.4. The van der Waals surface area contributed by atoms with Gasteiger partial charge < -0.3 is 19.9 Å². The minimum Gasteiger partial charge on any atom is -0.481 e. The third-order valence-electron chi connectivity index (χ3n) is 5.50. The lowest BCUT2D eigenvalue weighted by Gasteiger charge is -2.34. The van der Waals surface area contributed by atoms with Gasteiger partial charge in [-0.15, -0.1) is 0 Å². The highest BCUT2D eigenvalue weighted by molar-refractivity contribution is 5.80. The summed E-state index contributed by atoms with van der Waals surface area (Å²) in [6.07, 6.45) is -0.537. The quantitative estimate of drug-likeness (QED) is 0.835. The van der Waals surface area contributed by atoms with Crippen LogP contribution in [0.15, 0.2) is 42.5 Å². The van der Waals surface area contributed by atoms with Gasteiger partial charge in [-0.05, 0) is 62.7 Å². The first-order valence-electron chi connectivity index (χ1n) is 9.97. The molecule has 1 atom stereocenters. The lowest BCUT2D eigenvalue weighted by Crippen LogP contribution is -2.44. The van der Waals surface area contributed by atoms with Gasteiger partial charge in [0.15, 0.2) is 6.10 Å². The van der Waals surface area contributed by atoms with Crippen molar-refractivity contribution in [1.82, 2.24) is 10.2 Å². The highest BCUT2D eigenvalue weighted by Crippen LogP contribution is 2.22. The number of anilines is 1. The van der Waals surface area contributed by atoms with E-state index >= 15 is 0 Å². The van der Waals surface area contributed by atoms with Crippen molar-refractivity contribution >= 4 is 11.6 Å². The fourth-order valence-corrected chi connectivity index (χ4v) is 3.32. The molecule has 0 spiro atoms. The summed E-state index contributed by atoms with van der Waals surface area (Å²) >= 11 is 0. The average molecular weight is 382 g/mol. The van der Waals surface area contributed by atoms with Crippen molar-refractivity contribution in [2.24, 2.45) is 0 Å². The molecular formula is C23H31N3O2. The Bertz CT molecular complexity index is 796. The Hall–Kier alpha value is -2.53. The molecule has 1 amide bonds. The van der Waals surface area contributed by atoms with Crippen molar-refractivity contribution in [1.29, 1.82) is 0 Å². The number of amides is 1. The van der Waals surface area contributed by atoms with Gasteiger partial charge in [0, 0.05) is 38.4 Å². The third kappa shape index (κ3) is 5.04. The van der Waals surface area contributed by atoms with Gasteiger partial charge in [0.2, 0.25) is 0 Å². The van der Waals surface area contributed by atoms with Crippen LogP contribution in [0.25, 0.3) is 0 Å². The van der Waals surface area contributed by atoms with Crippen LogP contribution in [0.5, 0.6) is 5.75 Å². The third-order valence-corrected chi connectivity index (χ3v) is 5.50. The molecule has 0 aliphatic carbocycles. The maximum atomic E-state index is 12.4. The molecule has 0 aromatic heterocycles. The zero-order valence-electron chi connectivity index (χ0n) is 17.4. The van der Waals surface area contributed by atoms with Crippen LogP contribution in [0, 0.1) is 13.8 Å². The van der Waals surface area contributed by atoms with E-state index in [1.54, 1.807) is 6.92 Å². The number of carbonyl (C=O) groups excluding carboxylic acids is 1. The van der Waals surface area contributed by atoms with E-state index in [-0.39, 0.29) is 5.91 Å². The van der Waals surface area contributed by atoms with Gasteiger partial charge in [0.1, 0.15) is 5.75 Å². The average Bonchev–Trinajstić information content (AvgIpc) is 2.70. The first-order chi connectivity index (χ1) is 13.4. The van der Waals surface area contributed by atoms with Crippen LogP contribution < -0.4 is 15.0 Å². The molecule has 3 rings (SSSR count). The molecule has 1 heterocycles. The minimum atomic E-state index is -0.537. The Morgan fingerprint density at radius 1 is 1.07 bits per heavy atom. The number of carbonyl (C=O) groups is 1. The molecule has 0 bridgehead atoms. The fraction of sp³-hybridized carbons (Fsp3) is 0.435. The van der Waals surface area contributed by atoms with Crippen LogP contribution in [0.2, 0.25) is 0 Å². The Labute approximate surface area is 168 Å². The zero-order valence-corrected chi connectivity index (χ0v) is 17.4. The second-order valence-corrected chi connectivity index (χ2v) is 7.63. The van der Waals surface area contributed by atoms with E-state index in [9.17, 15) is 4.79 Å². The molecule has 150 valence electrons. The summed E-state index contributed by atoms with van der Waals surface area (Å²) in [4.78, 5) is 17.2. The van der Waals surface area contributed by atoms with Crippen LogP contribution in [0.1, 0.15) is 23.6 Å². The summed E-state index contributed by atoms with van der Waals surface area (Å²) in [6.45, 7) is 10.6. The van der Waals surface area contributed by atoms with Crippen molar-refractivity contribution in [2.45, 2.75) is 33.4 Å². The van der Waals surface area contributed by atoms with Gasteiger partial charge in [-0.2, -0.15) is 0 Å². The molecule has 1 aliphatic rings. The zero-order chi connectivity index (χ0) is 20.1. The maximum Gasteiger partial charge on any atom is 0.261 e. The summed E-state index contributed by atoms with van der Waals surface area (Å²) in [5.41, 5.74) is 4.56. The van der Waals surface area contributed by atoms with E-state index in [0.717, 1.165) is 48.6 Å². The predicted molar refractivity (Wildman–Crippen MR) is 114 cm³/mol. The Morgan fingerprint density at radius 2 is 1.75 bits per heavy atom. The molecule has 0 saturated carbocycles. The lowest BCUT2D eigenvalue weighted by molar-refractivity contribution is -0.127. The number of hydrogen-bond acceptors (Lipinski definition) is 4. The molecule has 1 unspecified atom stereocenters. The Balaban J connectivity index is 1.50. The molecule has 1 fully saturated rings. The molecule has 2 aromatic rings. The van der Waals surface area contributed by atoms with E-state index in [4.69, 9.17) is 4.74 Å². The summed E-state index contributed by atoms with van der Waals surface area (Å²) in [5.74, 6) is 0.656. The SMILES string of the molecule is Cc1cccc(OC(C)C(=O)NCc2ccc(N3CCN(C)CC3)cc2)c1C. The predicted octanol–water partition coefficient (Wildman–Crippen LogP) is 3.14. The number of hydrogen-bond donors (Lipinski definition) is 1. The Morgan fingerprint density at radius 3 is 2.43 bits per heavy atom. The van der Waals surface area contributed by atoms with Crippen LogP contribution in [-0.4, -0.2) is 50.1 Å². The Kier molecular flexibility index (Phi) is 6.57. The maximum absolute atomic E-state index is 12.4. The molecule has 28 heavy (non-hydrogen) atoms. The monoisotopic (exact) mass is 381 g/mol. The molecule has 0 radical (unpaired) electrons. The molecule has 2 aromatic carbocycles. The second kappa shape index (κ2) is 9.11. The molecule has 5 nitrogen and oxygen atoms in total. The molecule has 5 heteroatoms. The second-order valence-electron chi connectivity index (χ2n) is 7.63. The van der Waals surface area contributed by atoms with Gasteiger partial charge in [-0.3, -0.25) is 4.79 Å². The van der Waals surface area contributed by atoms with Crippen molar-refractivity contribution < 1.29 is 9.53 Å². The number of likely N-dealkylation sites (N-methyl/N-ethyl adjacent to an activating group) is 1. The first-order valence-corrected chi connectivity index (χ1v) is 9.97. The highest BCUT2D eigenvalue weighted by Gasteiger charge is 2.16. The number of benzene rings is 2. The number of rotatable bonds is 6. The minimum absolute atomic E-state index is 0.107. The molecule has 1 saturated heterocycles. The number of ether oxygens (including phenoxy) is 1. The van der Waals surface area contributed by atoms with Crippen LogP contribution in [0.4, 0.5) is 5.69 Å². The normalized spacial score (nSPS) is 15.9. The van der Waals surface area contributed by atoms with Crippen molar-refractivity contribution in [3.05, 3.63) is 59.2 Å². The largest absolute Gasteiger partial charge is 0.481 e. The van der Waals surface area contributed by atoms with Crippen molar-refractivity contribution in [3.63, 3.8) is 0 Å². The van der Waals surface area contributed by atoms with Crippen LogP contribution >= 0.6 is 0 Å². The summed E-state index contributed by atoms with van der Waals surface area (Å²) in [5, 5.41) is 2.97. The van der Waals surface area contributed by atoms with Gasteiger partial charge in [-0.25, -0.2) is 0 Å². The topological polar surface area (TPSA) is 44.8 Å². The molecular weight excluding hydrogens is 350 g/mol. The number of aryl methyl sites for hydroxylation is 1. The van der Waals surface area contributed by atoms with Gasteiger partial charge in [-0.1, -0.05) is 24.3 Å². The molecule has 1 aliphatic heterocycles. The smallest absolute Gasteiger partial charge is 0.261 e. The molecule has 1 N–H and O–H groups in total. The van der Waals surface area contributed by atoms with Gasteiger partial charge in [0.25, 0.3) is 5.91 Å². The number of nitrogens with one attached hydrogen (secondary N) is 1. The summed E-state index contributed by atoms with van der Waals surface area (Å²) in [7, 11) is 2.16. The van der Waals surface area contributed by atoms with Gasteiger partial charge >= 0.3 is 0 Å². The highest BCUT2D eigenvalue weighted by atomic mass is 16.5. The van der Waals surface area contributed by atoms with Crippen LogP contribution in [0.3, 0.4) is 0 Å². The van der Waals surface area contributed by atoms with Gasteiger partial charge in [0.05, 0.1) is 0 Å². The van der Waals surface area contributed by atoms with Crippen molar-refractivity contribution in [3.8, 4) is 5.75 Å². The first kappa shape index (κ1) is 20.2. The van der Waals surface area contributed by atoms with E-state index in [0.29, 0.717) is 6.54 Å². The van der Waals surface area contributed by atoms with Crippen molar-refractivity contribution in [2.75, 3.05) is 38.1 Å². The number of piperazine rings is 1. The van der Waals surface area contributed by atoms with Crippen LogP contribution in [-0.2, 0) is 11.3 Å².